The van der Waals surface area contributed by atoms with Crippen LogP contribution in [0.25, 0.3) is 0 Å². The van der Waals surface area contributed by atoms with Crippen molar-refractivity contribution < 1.29 is 27.1 Å². The third-order valence-electron chi connectivity index (χ3n) is 4.27. The minimum Gasteiger partial charge on any atom is -0.335 e. The molecule has 1 saturated heterocycles. The Morgan fingerprint density at radius 2 is 1.93 bits per heavy atom. The van der Waals surface area contributed by atoms with E-state index in [1.165, 1.54) is 24.3 Å². The van der Waals surface area contributed by atoms with Crippen LogP contribution in [0.15, 0.2) is 36.4 Å². The fraction of sp³-hybridized carbons (Fsp3) is 0.211. The number of nitriles is 2. The molecule has 1 N–H and O–H groups in total. The van der Waals surface area contributed by atoms with Crippen LogP contribution in [0.2, 0.25) is 5.02 Å². The van der Waals surface area contributed by atoms with Crippen molar-refractivity contribution >= 4 is 28.9 Å². The number of amides is 1. The Morgan fingerprint density at radius 3 is 2.50 bits per heavy atom. The molecule has 0 radical (unpaired) electrons. The van der Waals surface area contributed by atoms with Gasteiger partial charge in [0.1, 0.15) is 11.9 Å². The van der Waals surface area contributed by atoms with Crippen LogP contribution in [0.5, 0.6) is 0 Å². The highest BCUT2D eigenvalue weighted by Crippen LogP contribution is 2.36. The zero-order chi connectivity index (χ0) is 22.1. The summed E-state index contributed by atoms with van der Waals surface area (Å²) < 4.78 is 59.3. The van der Waals surface area contributed by atoms with E-state index in [9.17, 15) is 22.4 Å². The highest BCUT2D eigenvalue weighted by Gasteiger charge is 2.52. The number of halogens is 5. The molecule has 11 heteroatoms. The van der Waals surface area contributed by atoms with E-state index in [4.69, 9.17) is 26.9 Å². The second kappa shape index (κ2) is 8.19. The van der Waals surface area contributed by atoms with Crippen molar-refractivity contribution in [3.8, 4) is 12.1 Å². The fourth-order valence-corrected chi connectivity index (χ4v) is 3.08. The number of carbonyl (C=O) groups is 1. The van der Waals surface area contributed by atoms with E-state index >= 15 is 0 Å². The first-order valence-corrected chi connectivity index (χ1v) is 8.71. The SMILES string of the molecule is N#Cc1ccc(NC(=O)[C@@H]2CN(c3ccc(C#N)c(Cl)c3)[C@@H](C(F)(F)F)O2)c(F)c1. The van der Waals surface area contributed by atoms with Crippen LogP contribution in [0, 0.1) is 28.5 Å². The Bertz CT molecular complexity index is 1080. The summed E-state index contributed by atoms with van der Waals surface area (Å²) in [5, 5.41) is 19.8. The van der Waals surface area contributed by atoms with Crippen LogP contribution >= 0.6 is 11.6 Å². The smallest absolute Gasteiger partial charge is 0.335 e. The Labute approximate surface area is 172 Å². The van der Waals surface area contributed by atoms with Crippen molar-refractivity contribution in [3.05, 3.63) is 58.4 Å². The summed E-state index contributed by atoms with van der Waals surface area (Å²) in [5.41, 5.74) is -0.203. The summed E-state index contributed by atoms with van der Waals surface area (Å²) in [5.74, 6) is -1.90. The first-order valence-electron chi connectivity index (χ1n) is 8.33. The number of carbonyl (C=O) groups excluding carboxylic acids is 1. The van der Waals surface area contributed by atoms with Gasteiger partial charge in [-0.25, -0.2) is 4.39 Å². The summed E-state index contributed by atoms with van der Waals surface area (Å²) in [7, 11) is 0. The van der Waals surface area contributed by atoms with E-state index in [-0.39, 0.29) is 27.5 Å². The number of hydrogen-bond acceptors (Lipinski definition) is 5. The van der Waals surface area contributed by atoms with E-state index in [0.29, 0.717) is 0 Å². The lowest BCUT2D eigenvalue weighted by atomic mass is 10.2. The van der Waals surface area contributed by atoms with Gasteiger partial charge in [-0.3, -0.25) is 4.79 Å². The number of alkyl halides is 3. The molecule has 0 saturated carbocycles. The van der Waals surface area contributed by atoms with Crippen molar-refractivity contribution in [1.82, 2.24) is 0 Å². The molecule has 0 unspecified atom stereocenters. The molecule has 0 aromatic heterocycles. The zero-order valence-electron chi connectivity index (χ0n) is 14.9. The molecule has 30 heavy (non-hydrogen) atoms. The lowest BCUT2D eigenvalue weighted by molar-refractivity contribution is -0.212. The molecule has 2 atom stereocenters. The Hall–Kier alpha value is -3.34. The average molecular weight is 439 g/mol. The van der Waals surface area contributed by atoms with Crippen molar-refractivity contribution in [2.45, 2.75) is 18.5 Å². The Kier molecular flexibility index (Phi) is 5.83. The summed E-state index contributed by atoms with van der Waals surface area (Å²) in [6.45, 7) is -0.490. The maximum Gasteiger partial charge on any atom is 0.433 e. The largest absolute Gasteiger partial charge is 0.433 e. The monoisotopic (exact) mass is 438 g/mol. The van der Waals surface area contributed by atoms with Gasteiger partial charge in [0.25, 0.3) is 5.91 Å². The van der Waals surface area contributed by atoms with E-state index in [1.54, 1.807) is 12.1 Å². The molecule has 1 aliphatic rings. The van der Waals surface area contributed by atoms with Gasteiger partial charge >= 0.3 is 6.18 Å². The van der Waals surface area contributed by atoms with Crippen molar-refractivity contribution in [2.75, 3.05) is 16.8 Å². The van der Waals surface area contributed by atoms with Crippen LogP contribution in [-0.2, 0) is 9.53 Å². The lowest BCUT2D eigenvalue weighted by Crippen LogP contribution is -2.42. The standard InChI is InChI=1S/C19H11ClF4N4O2/c20-13-6-12(3-2-11(13)8-26)28-9-16(30-18(28)19(22,23)24)17(29)27-15-4-1-10(7-25)5-14(15)21/h1-6,16,18H,9H2,(H,27,29)/t16-,18+/m0/s1. The first kappa shape index (κ1) is 21.4. The summed E-state index contributed by atoms with van der Waals surface area (Å²) in [6, 6.07) is 10.5. The molecule has 2 aromatic carbocycles. The average Bonchev–Trinajstić information content (AvgIpc) is 3.15. The Balaban J connectivity index is 1.84. The molecule has 154 valence electrons. The predicted octanol–water partition coefficient (Wildman–Crippen LogP) is 3.95. The topological polar surface area (TPSA) is 89.2 Å². The molecule has 1 amide bonds. The molecule has 1 heterocycles. The van der Waals surface area contributed by atoms with Gasteiger partial charge < -0.3 is 15.0 Å². The van der Waals surface area contributed by atoms with Crippen LogP contribution in [0.4, 0.5) is 28.9 Å². The molecule has 2 aromatic rings. The molecular weight excluding hydrogens is 428 g/mol. The van der Waals surface area contributed by atoms with Crippen LogP contribution in [-0.4, -0.2) is 31.0 Å². The number of nitrogens with one attached hydrogen (secondary N) is 1. The van der Waals surface area contributed by atoms with Gasteiger partial charge in [0.15, 0.2) is 6.10 Å². The lowest BCUT2D eigenvalue weighted by Gasteiger charge is -2.26. The predicted molar refractivity (Wildman–Crippen MR) is 98.0 cm³/mol. The Morgan fingerprint density at radius 1 is 1.20 bits per heavy atom. The fourth-order valence-electron chi connectivity index (χ4n) is 2.86. The van der Waals surface area contributed by atoms with Gasteiger partial charge in [0, 0.05) is 5.69 Å². The number of rotatable bonds is 3. The zero-order valence-corrected chi connectivity index (χ0v) is 15.6. The molecule has 1 fully saturated rings. The summed E-state index contributed by atoms with van der Waals surface area (Å²) >= 11 is 5.90. The third kappa shape index (κ3) is 4.30. The van der Waals surface area contributed by atoms with Gasteiger partial charge in [-0.2, -0.15) is 23.7 Å². The van der Waals surface area contributed by atoms with Crippen LogP contribution < -0.4 is 10.2 Å². The summed E-state index contributed by atoms with van der Waals surface area (Å²) in [4.78, 5) is 13.2. The molecule has 0 aliphatic carbocycles. The molecule has 6 nitrogen and oxygen atoms in total. The highest BCUT2D eigenvalue weighted by atomic mass is 35.5. The van der Waals surface area contributed by atoms with Gasteiger partial charge in [0.05, 0.1) is 34.5 Å². The van der Waals surface area contributed by atoms with Crippen LogP contribution in [0.1, 0.15) is 11.1 Å². The van der Waals surface area contributed by atoms with Gasteiger partial charge in [-0.1, -0.05) is 11.6 Å². The molecular formula is C19H11ClF4N4O2. The first-order chi connectivity index (χ1) is 14.1. The van der Waals surface area contributed by atoms with E-state index in [1.807, 2.05) is 0 Å². The molecule has 3 rings (SSSR count). The van der Waals surface area contributed by atoms with E-state index < -0.39 is 36.8 Å². The van der Waals surface area contributed by atoms with Crippen LogP contribution in [0.3, 0.4) is 0 Å². The maximum absolute atomic E-state index is 14.0. The molecule has 0 bridgehead atoms. The second-order valence-corrected chi connectivity index (χ2v) is 6.65. The van der Waals surface area contributed by atoms with Gasteiger partial charge in [-0.05, 0) is 36.4 Å². The minimum absolute atomic E-state index is 0.00109. The summed E-state index contributed by atoms with van der Waals surface area (Å²) in [6.07, 6.45) is -8.85. The van der Waals surface area contributed by atoms with Gasteiger partial charge in [-0.15, -0.1) is 0 Å². The third-order valence-corrected chi connectivity index (χ3v) is 4.58. The number of ether oxygens (including phenoxy) is 1. The van der Waals surface area contributed by atoms with Crippen molar-refractivity contribution in [2.24, 2.45) is 0 Å². The van der Waals surface area contributed by atoms with Crippen molar-refractivity contribution in [1.29, 1.82) is 10.5 Å². The maximum atomic E-state index is 14.0. The highest BCUT2D eigenvalue weighted by molar-refractivity contribution is 6.32. The number of anilines is 2. The number of nitrogens with zero attached hydrogens (tertiary/aromatic N) is 3. The molecule has 1 aliphatic heterocycles. The normalized spacial score (nSPS) is 18.6. The quantitative estimate of drug-likeness (QED) is 0.733. The van der Waals surface area contributed by atoms with Crippen molar-refractivity contribution in [3.63, 3.8) is 0 Å². The minimum atomic E-state index is -4.84. The van der Waals surface area contributed by atoms with E-state index in [2.05, 4.69) is 5.32 Å². The van der Waals surface area contributed by atoms with E-state index in [0.717, 1.165) is 17.0 Å². The number of benzene rings is 2. The van der Waals surface area contributed by atoms with Gasteiger partial charge in [0.2, 0.25) is 6.23 Å². The molecule has 0 spiro atoms. The second-order valence-electron chi connectivity index (χ2n) is 6.24. The number of hydrogen-bond donors (Lipinski definition) is 1.